The lowest BCUT2D eigenvalue weighted by molar-refractivity contribution is -0.274. The monoisotopic (exact) mass is 494 g/mol. The van der Waals surface area contributed by atoms with E-state index >= 15 is 0 Å². The van der Waals surface area contributed by atoms with E-state index in [2.05, 4.69) is 39.6 Å². The zero-order chi connectivity index (χ0) is 25.5. The van der Waals surface area contributed by atoms with Crippen LogP contribution in [0.4, 0.5) is 13.2 Å². The van der Waals surface area contributed by atoms with Crippen LogP contribution in [-0.4, -0.2) is 32.5 Å². The number of hydrogen-bond donors (Lipinski definition) is 2. The first-order chi connectivity index (χ1) is 17.3. The van der Waals surface area contributed by atoms with Crippen LogP contribution >= 0.6 is 0 Å². The number of amides is 1. The average Bonchev–Trinajstić information content (AvgIpc) is 2.87. The van der Waals surface area contributed by atoms with Gasteiger partial charge in [-0.2, -0.15) is 0 Å². The Morgan fingerprint density at radius 3 is 2.42 bits per heavy atom. The van der Waals surface area contributed by atoms with Crippen LogP contribution < -0.4 is 20.1 Å². The number of alkyl halides is 3. The van der Waals surface area contributed by atoms with E-state index in [1.54, 1.807) is 24.3 Å². The molecule has 4 aromatic rings. The van der Waals surface area contributed by atoms with E-state index < -0.39 is 6.36 Å². The number of ether oxygens (including phenoxy) is 2. The fourth-order valence-corrected chi connectivity index (χ4v) is 3.91. The van der Waals surface area contributed by atoms with Crippen LogP contribution in [0, 0.1) is 0 Å². The molecule has 0 fully saturated rings. The quantitative estimate of drug-likeness (QED) is 0.283. The molecule has 0 spiro atoms. The van der Waals surface area contributed by atoms with Crippen LogP contribution in [0.3, 0.4) is 0 Å². The third-order valence-corrected chi connectivity index (χ3v) is 5.54. The van der Waals surface area contributed by atoms with E-state index in [0.717, 1.165) is 0 Å². The lowest BCUT2D eigenvalue weighted by Crippen LogP contribution is -2.21. The first-order valence-electron chi connectivity index (χ1n) is 11.4. The Morgan fingerprint density at radius 1 is 0.861 bits per heavy atom. The van der Waals surface area contributed by atoms with Gasteiger partial charge in [-0.05, 0) is 57.8 Å². The van der Waals surface area contributed by atoms with Crippen molar-refractivity contribution in [1.82, 2.24) is 10.6 Å². The van der Waals surface area contributed by atoms with Gasteiger partial charge in [0.1, 0.15) is 18.1 Å². The Kier molecular flexibility index (Phi) is 7.75. The lowest BCUT2D eigenvalue weighted by atomic mass is 10.0. The molecule has 8 heteroatoms. The molecule has 0 aliphatic heterocycles. The number of carbonyl (C=O) groups is 1. The molecule has 0 bridgehead atoms. The third kappa shape index (κ3) is 6.55. The summed E-state index contributed by atoms with van der Waals surface area (Å²) in [4.78, 5) is 12.3. The van der Waals surface area contributed by atoms with Crippen molar-refractivity contribution in [2.45, 2.75) is 12.9 Å². The van der Waals surface area contributed by atoms with Crippen LogP contribution in [-0.2, 0) is 6.54 Å². The molecule has 0 aromatic heterocycles. The molecule has 186 valence electrons. The first kappa shape index (κ1) is 25.1. The topological polar surface area (TPSA) is 59.6 Å². The van der Waals surface area contributed by atoms with Gasteiger partial charge in [-0.3, -0.25) is 4.79 Å². The Balaban J connectivity index is 1.45. The number of fused-ring (bicyclic) bond motifs is 1. The van der Waals surface area contributed by atoms with Crippen molar-refractivity contribution >= 4 is 16.7 Å². The fraction of sp³-hybridized carbons (Fsp3) is 0.179. The van der Waals surface area contributed by atoms with Gasteiger partial charge in [-0.25, -0.2) is 0 Å². The van der Waals surface area contributed by atoms with Crippen molar-refractivity contribution in [1.29, 1.82) is 0 Å². The minimum absolute atomic E-state index is 0.329. The van der Waals surface area contributed by atoms with Crippen molar-refractivity contribution in [3.8, 4) is 22.6 Å². The summed E-state index contributed by atoms with van der Waals surface area (Å²) >= 11 is 0. The van der Waals surface area contributed by atoms with Crippen molar-refractivity contribution in [2.75, 3.05) is 20.2 Å². The van der Waals surface area contributed by atoms with Crippen LogP contribution in [0.25, 0.3) is 21.9 Å². The van der Waals surface area contributed by atoms with E-state index in [1.807, 2.05) is 18.2 Å². The van der Waals surface area contributed by atoms with E-state index in [-0.39, 0.29) is 11.7 Å². The van der Waals surface area contributed by atoms with Gasteiger partial charge in [0.15, 0.2) is 0 Å². The molecule has 2 N–H and O–H groups in total. The van der Waals surface area contributed by atoms with E-state index in [1.165, 1.54) is 41.6 Å². The summed E-state index contributed by atoms with van der Waals surface area (Å²) in [7, 11) is 1.50. The molecule has 0 saturated carbocycles. The summed E-state index contributed by atoms with van der Waals surface area (Å²) in [6, 6.07) is 24.8. The molecule has 1 amide bonds. The second-order valence-electron chi connectivity index (χ2n) is 8.06. The van der Waals surface area contributed by atoms with Gasteiger partial charge >= 0.3 is 6.36 Å². The Morgan fingerprint density at radius 2 is 1.61 bits per heavy atom. The summed E-state index contributed by atoms with van der Waals surface area (Å²) in [5, 5.41) is 8.28. The Labute approximate surface area is 206 Å². The molecular formula is C28H25F3N2O3. The van der Waals surface area contributed by atoms with Gasteiger partial charge in [0.05, 0.1) is 0 Å². The molecule has 0 radical (unpaired) electrons. The molecule has 4 rings (SSSR count). The van der Waals surface area contributed by atoms with Gasteiger partial charge in [-0.15, -0.1) is 13.2 Å². The normalized spacial score (nSPS) is 11.3. The Hall–Kier alpha value is -4.04. The van der Waals surface area contributed by atoms with Gasteiger partial charge < -0.3 is 20.1 Å². The number of hydrogen-bond acceptors (Lipinski definition) is 4. The maximum absolute atomic E-state index is 12.6. The minimum Gasteiger partial charge on any atom is -0.492 e. The van der Waals surface area contributed by atoms with Crippen molar-refractivity contribution in [3.05, 3.63) is 96.1 Å². The average molecular weight is 495 g/mol. The predicted molar refractivity (Wildman–Crippen MR) is 133 cm³/mol. The molecule has 4 aromatic carbocycles. The van der Waals surface area contributed by atoms with E-state index in [4.69, 9.17) is 4.74 Å². The largest absolute Gasteiger partial charge is 0.573 e. The summed E-state index contributed by atoms with van der Waals surface area (Å²) in [6.07, 6.45) is -4.80. The number of carbonyl (C=O) groups excluding carboxylic acids is 1. The van der Waals surface area contributed by atoms with Gasteiger partial charge in [0, 0.05) is 25.7 Å². The summed E-state index contributed by atoms with van der Waals surface area (Å²) < 4.78 is 47.8. The molecule has 0 atom stereocenters. The number of benzene rings is 4. The van der Waals surface area contributed by atoms with Crippen molar-refractivity contribution < 1.29 is 27.4 Å². The molecule has 0 aliphatic rings. The fourth-order valence-electron chi connectivity index (χ4n) is 3.91. The van der Waals surface area contributed by atoms with Crippen molar-refractivity contribution in [2.24, 2.45) is 0 Å². The smallest absolute Gasteiger partial charge is 0.492 e. The summed E-state index contributed by atoms with van der Waals surface area (Å²) in [6.45, 7) is 1.55. The SMILES string of the molecule is CNC(=O)c1cc(OCCNCc2cccc3ccccc23)cc(-c2cccc(OC(F)(F)F)c2)c1. The zero-order valence-electron chi connectivity index (χ0n) is 19.6. The molecule has 0 aliphatic carbocycles. The van der Waals surface area contributed by atoms with Crippen LogP contribution in [0.5, 0.6) is 11.5 Å². The maximum atomic E-state index is 12.6. The predicted octanol–water partition coefficient (Wildman–Crippen LogP) is 5.93. The molecule has 0 heterocycles. The number of nitrogens with one attached hydrogen (secondary N) is 2. The van der Waals surface area contributed by atoms with Gasteiger partial charge in [-0.1, -0.05) is 54.6 Å². The molecule has 0 unspecified atom stereocenters. The van der Waals surface area contributed by atoms with Crippen molar-refractivity contribution in [3.63, 3.8) is 0 Å². The highest BCUT2D eigenvalue weighted by Crippen LogP contribution is 2.31. The van der Waals surface area contributed by atoms with E-state index in [0.29, 0.717) is 42.1 Å². The summed E-state index contributed by atoms with van der Waals surface area (Å²) in [5.41, 5.74) is 2.50. The molecular weight excluding hydrogens is 469 g/mol. The second-order valence-corrected chi connectivity index (χ2v) is 8.06. The highest BCUT2D eigenvalue weighted by molar-refractivity contribution is 5.96. The number of halogens is 3. The zero-order valence-corrected chi connectivity index (χ0v) is 19.6. The third-order valence-electron chi connectivity index (χ3n) is 5.54. The highest BCUT2D eigenvalue weighted by Gasteiger charge is 2.31. The maximum Gasteiger partial charge on any atom is 0.573 e. The van der Waals surface area contributed by atoms with Crippen LogP contribution in [0.15, 0.2) is 84.9 Å². The van der Waals surface area contributed by atoms with Crippen LogP contribution in [0.1, 0.15) is 15.9 Å². The number of rotatable bonds is 9. The standard InChI is InChI=1S/C28H25F3N2O3/c1-32-27(34)23-14-22(20-8-5-10-24(15-20)36-28(29,30)31)16-25(17-23)35-13-12-33-18-21-9-4-7-19-6-2-3-11-26(19)21/h2-11,14-17,33H,12-13,18H2,1H3,(H,32,34). The minimum atomic E-state index is -4.80. The molecule has 5 nitrogen and oxygen atoms in total. The highest BCUT2D eigenvalue weighted by atomic mass is 19.4. The second kappa shape index (κ2) is 11.1. The van der Waals surface area contributed by atoms with Crippen LogP contribution in [0.2, 0.25) is 0 Å². The van der Waals surface area contributed by atoms with E-state index in [9.17, 15) is 18.0 Å². The Bertz CT molecular complexity index is 1350. The summed E-state index contributed by atoms with van der Waals surface area (Å²) in [5.74, 6) is -0.246. The van der Waals surface area contributed by atoms with Gasteiger partial charge in [0.25, 0.3) is 5.91 Å². The molecule has 36 heavy (non-hydrogen) atoms. The van der Waals surface area contributed by atoms with Gasteiger partial charge in [0.2, 0.25) is 0 Å². The molecule has 0 saturated heterocycles. The first-order valence-corrected chi connectivity index (χ1v) is 11.4. The lowest BCUT2D eigenvalue weighted by Gasteiger charge is -2.13.